The van der Waals surface area contributed by atoms with Crippen molar-refractivity contribution in [2.45, 2.75) is 19.2 Å². The summed E-state index contributed by atoms with van der Waals surface area (Å²) in [6.07, 6.45) is -5.39. The van der Waals surface area contributed by atoms with E-state index >= 15 is 0 Å². The van der Waals surface area contributed by atoms with E-state index in [1.807, 2.05) is 0 Å². The van der Waals surface area contributed by atoms with E-state index in [-0.39, 0.29) is 11.3 Å². The molecule has 84 valence electrons. The molecule has 0 aromatic heterocycles. The van der Waals surface area contributed by atoms with Gasteiger partial charge in [-0.3, -0.25) is 0 Å². The molecule has 0 aliphatic heterocycles. The molecule has 0 bridgehead atoms. The molecular weight excluding hydrogens is 209 g/mol. The van der Waals surface area contributed by atoms with Crippen LogP contribution >= 0.6 is 0 Å². The smallest absolute Gasteiger partial charge is 0.416 e. The summed E-state index contributed by atoms with van der Waals surface area (Å²) in [5.74, 6) is 0.0840. The summed E-state index contributed by atoms with van der Waals surface area (Å²) < 4.78 is 42.0. The topological polar surface area (TPSA) is 29.5 Å². The summed E-state index contributed by atoms with van der Waals surface area (Å²) in [7, 11) is 1.28. The molecule has 0 radical (unpaired) electrons. The maximum Gasteiger partial charge on any atom is 0.416 e. The molecule has 1 N–H and O–H groups in total. The van der Waals surface area contributed by atoms with Crippen LogP contribution in [0.25, 0.3) is 0 Å². The van der Waals surface area contributed by atoms with Gasteiger partial charge >= 0.3 is 6.18 Å². The van der Waals surface area contributed by atoms with Crippen LogP contribution in [-0.2, 0) is 6.18 Å². The number of aliphatic hydroxyl groups is 1. The lowest BCUT2D eigenvalue weighted by Crippen LogP contribution is -2.07. The lowest BCUT2D eigenvalue weighted by molar-refractivity contribution is -0.137. The molecule has 0 amide bonds. The zero-order chi connectivity index (χ0) is 11.6. The molecule has 5 heteroatoms. The fourth-order valence-corrected chi connectivity index (χ4v) is 1.14. The number of hydrogen-bond donors (Lipinski definition) is 1. The Bertz CT molecular complexity index is 345. The van der Waals surface area contributed by atoms with Crippen LogP contribution in [0.3, 0.4) is 0 Å². The number of aliphatic hydroxyl groups excluding tert-OH is 1. The Morgan fingerprint density at radius 3 is 2.27 bits per heavy atom. The number of benzene rings is 1. The molecule has 1 atom stereocenters. The highest BCUT2D eigenvalue weighted by Gasteiger charge is 2.31. The quantitative estimate of drug-likeness (QED) is 0.830. The van der Waals surface area contributed by atoms with Gasteiger partial charge in [0.25, 0.3) is 0 Å². The van der Waals surface area contributed by atoms with Gasteiger partial charge in [-0.2, -0.15) is 13.2 Å². The van der Waals surface area contributed by atoms with Crippen molar-refractivity contribution in [3.8, 4) is 5.75 Å². The minimum atomic E-state index is -4.43. The molecule has 0 heterocycles. The van der Waals surface area contributed by atoms with Gasteiger partial charge in [0.05, 0.1) is 18.8 Å². The summed E-state index contributed by atoms with van der Waals surface area (Å²) in [4.78, 5) is 0. The first-order chi connectivity index (χ1) is 6.84. The van der Waals surface area contributed by atoms with Crippen molar-refractivity contribution in [1.29, 1.82) is 0 Å². The highest BCUT2D eigenvalue weighted by Crippen LogP contribution is 2.33. The highest BCUT2D eigenvalue weighted by atomic mass is 19.4. The van der Waals surface area contributed by atoms with Crippen molar-refractivity contribution in [3.63, 3.8) is 0 Å². The molecule has 0 spiro atoms. The van der Waals surface area contributed by atoms with Crippen LogP contribution in [0.5, 0.6) is 5.75 Å². The number of methoxy groups -OCH3 is 1. The molecule has 0 saturated carbocycles. The van der Waals surface area contributed by atoms with Gasteiger partial charge in [0.2, 0.25) is 0 Å². The first kappa shape index (κ1) is 11.8. The Morgan fingerprint density at radius 1 is 1.27 bits per heavy atom. The first-order valence-electron chi connectivity index (χ1n) is 4.29. The fourth-order valence-electron chi connectivity index (χ4n) is 1.14. The van der Waals surface area contributed by atoms with E-state index in [9.17, 15) is 18.3 Å². The van der Waals surface area contributed by atoms with Gasteiger partial charge < -0.3 is 9.84 Å². The predicted octanol–water partition coefficient (Wildman–Crippen LogP) is 2.77. The van der Waals surface area contributed by atoms with Crippen molar-refractivity contribution in [2.24, 2.45) is 0 Å². The van der Waals surface area contributed by atoms with Crippen molar-refractivity contribution >= 4 is 0 Å². The minimum absolute atomic E-state index is 0.0840. The molecule has 15 heavy (non-hydrogen) atoms. The lowest BCUT2D eigenvalue weighted by atomic mass is 10.1. The Kier molecular flexibility index (Phi) is 3.24. The molecule has 2 nitrogen and oxygen atoms in total. The lowest BCUT2D eigenvalue weighted by Gasteiger charge is -2.12. The minimum Gasteiger partial charge on any atom is -0.497 e. The second-order valence-electron chi connectivity index (χ2n) is 3.17. The Labute approximate surface area is 85.3 Å². The normalized spacial score (nSPS) is 13.7. The fraction of sp³-hybridized carbons (Fsp3) is 0.400. The number of alkyl halides is 3. The van der Waals surface area contributed by atoms with E-state index < -0.39 is 17.8 Å². The Hall–Kier alpha value is -1.23. The monoisotopic (exact) mass is 220 g/mol. The molecule has 1 unspecified atom stereocenters. The third-order valence-corrected chi connectivity index (χ3v) is 1.97. The van der Waals surface area contributed by atoms with Gasteiger partial charge in [-0.15, -0.1) is 0 Å². The second-order valence-corrected chi connectivity index (χ2v) is 3.17. The van der Waals surface area contributed by atoms with Crippen molar-refractivity contribution in [3.05, 3.63) is 29.3 Å². The largest absolute Gasteiger partial charge is 0.497 e. The molecule has 0 fully saturated rings. The standard InChI is InChI=1S/C10H11F3O2/c1-6(14)7-3-8(10(11,12)13)5-9(4-7)15-2/h3-6,14H,1-2H3. The molecule has 0 aliphatic carbocycles. The van der Waals surface area contributed by atoms with E-state index in [0.717, 1.165) is 12.1 Å². The van der Waals surface area contributed by atoms with E-state index in [4.69, 9.17) is 4.74 Å². The predicted molar refractivity (Wildman–Crippen MR) is 48.6 cm³/mol. The average Bonchev–Trinajstić information content (AvgIpc) is 2.15. The molecule has 1 aromatic carbocycles. The molecule has 0 saturated heterocycles. The Morgan fingerprint density at radius 2 is 1.87 bits per heavy atom. The number of ether oxygens (including phenoxy) is 1. The summed E-state index contributed by atoms with van der Waals surface area (Å²) >= 11 is 0. The van der Waals surface area contributed by atoms with Gasteiger partial charge in [0, 0.05) is 0 Å². The van der Waals surface area contributed by atoms with Crippen molar-refractivity contribution in [2.75, 3.05) is 7.11 Å². The van der Waals surface area contributed by atoms with Gasteiger partial charge in [0.1, 0.15) is 5.75 Å². The number of halogens is 3. The summed E-state index contributed by atoms with van der Waals surface area (Å²) in [6.45, 7) is 1.40. The average molecular weight is 220 g/mol. The number of hydrogen-bond acceptors (Lipinski definition) is 2. The van der Waals surface area contributed by atoms with Gasteiger partial charge in [-0.05, 0) is 30.7 Å². The summed E-state index contributed by atoms with van der Waals surface area (Å²) in [5.41, 5.74) is -0.639. The first-order valence-corrected chi connectivity index (χ1v) is 4.29. The zero-order valence-corrected chi connectivity index (χ0v) is 8.30. The third-order valence-electron chi connectivity index (χ3n) is 1.97. The maximum absolute atomic E-state index is 12.4. The van der Waals surface area contributed by atoms with Crippen LogP contribution in [0.2, 0.25) is 0 Å². The van der Waals surface area contributed by atoms with E-state index in [1.54, 1.807) is 0 Å². The highest BCUT2D eigenvalue weighted by molar-refractivity contribution is 5.36. The van der Waals surface area contributed by atoms with Crippen molar-refractivity contribution in [1.82, 2.24) is 0 Å². The van der Waals surface area contributed by atoms with Crippen LogP contribution in [0.4, 0.5) is 13.2 Å². The summed E-state index contributed by atoms with van der Waals surface area (Å²) in [5, 5.41) is 9.21. The third kappa shape index (κ3) is 2.86. The van der Waals surface area contributed by atoms with Crippen LogP contribution in [-0.4, -0.2) is 12.2 Å². The van der Waals surface area contributed by atoms with Crippen molar-refractivity contribution < 1.29 is 23.0 Å². The molecule has 0 aliphatic rings. The van der Waals surface area contributed by atoms with Crippen LogP contribution < -0.4 is 4.74 Å². The van der Waals surface area contributed by atoms with Crippen LogP contribution in [0.15, 0.2) is 18.2 Å². The number of rotatable bonds is 2. The van der Waals surface area contributed by atoms with E-state index in [0.29, 0.717) is 0 Å². The van der Waals surface area contributed by atoms with E-state index in [1.165, 1.54) is 20.1 Å². The van der Waals surface area contributed by atoms with Crippen LogP contribution in [0.1, 0.15) is 24.2 Å². The zero-order valence-electron chi connectivity index (χ0n) is 8.30. The van der Waals surface area contributed by atoms with Crippen LogP contribution in [0, 0.1) is 0 Å². The van der Waals surface area contributed by atoms with E-state index in [2.05, 4.69) is 0 Å². The van der Waals surface area contributed by atoms with Gasteiger partial charge in [-0.1, -0.05) is 0 Å². The summed E-state index contributed by atoms with van der Waals surface area (Å²) in [6, 6.07) is 3.18. The van der Waals surface area contributed by atoms with Gasteiger partial charge in [0.15, 0.2) is 0 Å². The molecule has 1 aromatic rings. The molecular formula is C10H11F3O2. The van der Waals surface area contributed by atoms with Gasteiger partial charge in [-0.25, -0.2) is 0 Å². The SMILES string of the molecule is COc1cc(C(C)O)cc(C(F)(F)F)c1. The molecule has 1 rings (SSSR count). The second kappa shape index (κ2) is 4.10. The Balaban J connectivity index is 3.23. The maximum atomic E-state index is 12.4.